The zero-order valence-electron chi connectivity index (χ0n) is 10.1. The summed E-state index contributed by atoms with van der Waals surface area (Å²) >= 11 is 0. The zero-order valence-corrected chi connectivity index (χ0v) is 10.1. The lowest BCUT2D eigenvalue weighted by atomic mass is 9.75. The Morgan fingerprint density at radius 2 is 1.46 bits per heavy atom. The predicted octanol–water partition coefficient (Wildman–Crippen LogP) is 4.59. The molecule has 0 spiro atoms. The molecular weight excluding hydrogens is 163 g/mol. The highest BCUT2D eigenvalue weighted by molar-refractivity contribution is 4.82. The number of hydrogen-bond donors (Lipinski definition) is 0. The Hall–Kier alpha value is -0.0700. The van der Waals surface area contributed by atoms with Gasteiger partial charge in [-0.05, 0) is 23.7 Å². The molecule has 0 saturated carbocycles. The van der Waals surface area contributed by atoms with Gasteiger partial charge in [-0.25, -0.2) is 4.39 Å². The molecule has 0 amide bonds. The van der Waals surface area contributed by atoms with Gasteiger partial charge in [0, 0.05) is 0 Å². The maximum absolute atomic E-state index is 13.9. The summed E-state index contributed by atoms with van der Waals surface area (Å²) in [6.45, 7) is 12.5. The van der Waals surface area contributed by atoms with Crippen LogP contribution in [-0.4, -0.2) is 6.17 Å². The Morgan fingerprint density at radius 3 is 1.77 bits per heavy atom. The first kappa shape index (κ1) is 12.9. The van der Waals surface area contributed by atoms with Crippen LogP contribution in [-0.2, 0) is 0 Å². The number of alkyl halides is 1. The van der Waals surface area contributed by atoms with Crippen LogP contribution in [0.1, 0.15) is 60.8 Å². The van der Waals surface area contributed by atoms with Gasteiger partial charge in [0.15, 0.2) is 0 Å². The maximum atomic E-state index is 13.9. The Labute approximate surface area is 82.9 Å². The van der Waals surface area contributed by atoms with Crippen molar-refractivity contribution in [2.45, 2.75) is 67.0 Å². The molecule has 0 saturated heterocycles. The van der Waals surface area contributed by atoms with Gasteiger partial charge in [-0.2, -0.15) is 0 Å². The molecule has 13 heavy (non-hydrogen) atoms. The van der Waals surface area contributed by atoms with Gasteiger partial charge in [-0.1, -0.05) is 48.0 Å². The van der Waals surface area contributed by atoms with E-state index in [0.29, 0.717) is 6.42 Å². The number of rotatable bonds is 5. The summed E-state index contributed by atoms with van der Waals surface area (Å²) in [5, 5.41) is 0. The fraction of sp³-hybridized carbons (Fsp3) is 1.00. The monoisotopic (exact) mass is 188 g/mol. The van der Waals surface area contributed by atoms with Crippen LogP contribution in [0.4, 0.5) is 4.39 Å². The van der Waals surface area contributed by atoms with Crippen molar-refractivity contribution >= 4 is 0 Å². The van der Waals surface area contributed by atoms with Gasteiger partial charge >= 0.3 is 0 Å². The minimum atomic E-state index is -0.674. The van der Waals surface area contributed by atoms with Crippen molar-refractivity contribution in [2.75, 3.05) is 0 Å². The number of hydrogen-bond acceptors (Lipinski definition) is 0. The molecule has 80 valence electrons. The summed E-state index contributed by atoms with van der Waals surface area (Å²) in [6.07, 6.45) is 1.97. The summed E-state index contributed by atoms with van der Waals surface area (Å²) in [7, 11) is 0. The summed E-state index contributed by atoms with van der Waals surface area (Å²) in [5.41, 5.74) is -0.0156. The van der Waals surface area contributed by atoms with Crippen LogP contribution in [0.25, 0.3) is 0 Å². The Morgan fingerprint density at radius 1 is 1.00 bits per heavy atom. The zero-order chi connectivity index (χ0) is 10.7. The highest BCUT2D eigenvalue weighted by Crippen LogP contribution is 2.37. The van der Waals surface area contributed by atoms with E-state index in [-0.39, 0.29) is 10.8 Å². The molecule has 0 rings (SSSR count). The smallest absolute Gasteiger partial charge is 0.106 e. The van der Waals surface area contributed by atoms with Crippen LogP contribution < -0.4 is 0 Å². The minimum absolute atomic E-state index is 0.145. The van der Waals surface area contributed by atoms with Gasteiger partial charge in [0.05, 0.1) is 0 Å². The summed E-state index contributed by atoms with van der Waals surface area (Å²) in [4.78, 5) is 0. The maximum Gasteiger partial charge on any atom is 0.106 e. The fourth-order valence-electron chi connectivity index (χ4n) is 1.13. The van der Waals surface area contributed by atoms with Crippen molar-refractivity contribution < 1.29 is 4.39 Å². The molecule has 0 fully saturated rings. The van der Waals surface area contributed by atoms with Gasteiger partial charge in [0.25, 0.3) is 0 Å². The van der Waals surface area contributed by atoms with Gasteiger partial charge < -0.3 is 0 Å². The average Bonchev–Trinajstić information content (AvgIpc) is 2.04. The topological polar surface area (TPSA) is 0 Å². The average molecular weight is 188 g/mol. The highest BCUT2D eigenvalue weighted by Gasteiger charge is 2.32. The van der Waals surface area contributed by atoms with Crippen LogP contribution in [0.3, 0.4) is 0 Å². The molecule has 0 aliphatic heterocycles. The van der Waals surface area contributed by atoms with Crippen LogP contribution in [0.2, 0.25) is 0 Å². The second kappa shape index (κ2) is 4.43. The Kier molecular flexibility index (Phi) is 4.41. The Balaban J connectivity index is 4.22. The molecule has 0 aromatic rings. The van der Waals surface area contributed by atoms with Crippen molar-refractivity contribution in [3.63, 3.8) is 0 Å². The molecule has 0 aromatic heterocycles. The third kappa shape index (κ3) is 4.10. The fourth-order valence-corrected chi connectivity index (χ4v) is 1.13. The van der Waals surface area contributed by atoms with E-state index >= 15 is 0 Å². The Bertz CT molecular complexity index is 147. The van der Waals surface area contributed by atoms with Crippen molar-refractivity contribution in [1.82, 2.24) is 0 Å². The molecular formula is C12H25F. The van der Waals surface area contributed by atoms with Crippen LogP contribution in [0.5, 0.6) is 0 Å². The first-order valence-electron chi connectivity index (χ1n) is 5.39. The largest absolute Gasteiger partial charge is 0.247 e. The summed E-state index contributed by atoms with van der Waals surface area (Å²) in [6, 6.07) is 0. The van der Waals surface area contributed by atoms with E-state index in [2.05, 4.69) is 27.7 Å². The van der Waals surface area contributed by atoms with E-state index in [9.17, 15) is 4.39 Å². The van der Waals surface area contributed by atoms with E-state index in [1.54, 1.807) is 0 Å². The lowest BCUT2D eigenvalue weighted by molar-refractivity contribution is 0.0853. The highest BCUT2D eigenvalue weighted by atomic mass is 19.1. The van der Waals surface area contributed by atoms with Gasteiger partial charge in [-0.3, -0.25) is 0 Å². The lowest BCUT2D eigenvalue weighted by Crippen LogP contribution is -2.29. The van der Waals surface area contributed by atoms with Gasteiger partial charge in [0.1, 0.15) is 6.17 Å². The van der Waals surface area contributed by atoms with Crippen LogP contribution in [0, 0.1) is 10.8 Å². The quantitative estimate of drug-likeness (QED) is 0.592. The minimum Gasteiger partial charge on any atom is -0.247 e. The van der Waals surface area contributed by atoms with Gasteiger partial charge in [0.2, 0.25) is 0 Å². The molecule has 0 bridgehead atoms. The van der Waals surface area contributed by atoms with E-state index < -0.39 is 6.17 Å². The van der Waals surface area contributed by atoms with E-state index in [4.69, 9.17) is 0 Å². The lowest BCUT2D eigenvalue weighted by Gasteiger charge is -2.33. The number of halogens is 1. The third-order valence-electron chi connectivity index (χ3n) is 3.45. The van der Waals surface area contributed by atoms with Gasteiger partial charge in [-0.15, -0.1) is 0 Å². The van der Waals surface area contributed by atoms with Crippen molar-refractivity contribution in [3.05, 3.63) is 0 Å². The van der Waals surface area contributed by atoms with Crippen molar-refractivity contribution in [1.29, 1.82) is 0 Å². The molecule has 0 aliphatic rings. The van der Waals surface area contributed by atoms with Crippen LogP contribution >= 0.6 is 0 Å². The van der Waals surface area contributed by atoms with E-state index in [1.165, 1.54) is 0 Å². The molecule has 0 aliphatic carbocycles. The van der Waals surface area contributed by atoms with Crippen LogP contribution in [0.15, 0.2) is 0 Å². The van der Waals surface area contributed by atoms with Crippen molar-refractivity contribution in [2.24, 2.45) is 10.8 Å². The third-order valence-corrected chi connectivity index (χ3v) is 3.45. The molecule has 1 unspecified atom stereocenters. The molecule has 0 heterocycles. The molecule has 0 radical (unpaired) electrons. The molecule has 0 nitrogen and oxygen atoms in total. The molecule has 1 atom stereocenters. The summed E-state index contributed by atoms with van der Waals surface area (Å²) in [5.74, 6) is 0. The van der Waals surface area contributed by atoms with E-state index in [0.717, 1.165) is 12.8 Å². The second-order valence-corrected chi connectivity index (χ2v) is 5.53. The first-order chi connectivity index (χ1) is 5.75. The SMILES string of the molecule is CCC(C)(C)CC(F)C(C)(C)CC. The first-order valence-corrected chi connectivity index (χ1v) is 5.39. The van der Waals surface area contributed by atoms with E-state index in [1.807, 2.05) is 13.8 Å². The molecule has 0 aromatic carbocycles. The normalized spacial score (nSPS) is 15.9. The molecule has 0 N–H and O–H groups in total. The molecule has 1 heteroatoms. The summed E-state index contributed by atoms with van der Waals surface area (Å²) < 4.78 is 13.9. The standard InChI is InChI=1S/C12H25F/c1-7-11(3,4)9-10(13)12(5,6)8-2/h10H,7-9H2,1-6H3. The van der Waals surface area contributed by atoms with Crippen molar-refractivity contribution in [3.8, 4) is 0 Å². The predicted molar refractivity (Wildman–Crippen MR) is 57.7 cm³/mol. The second-order valence-electron chi connectivity index (χ2n) is 5.53.